The van der Waals surface area contributed by atoms with Crippen LogP contribution in [0.3, 0.4) is 0 Å². The van der Waals surface area contributed by atoms with Crippen LogP contribution in [0, 0.1) is 5.92 Å². The first-order chi connectivity index (χ1) is 8.75. The number of ether oxygens (including phenoxy) is 1. The summed E-state index contributed by atoms with van der Waals surface area (Å²) in [6.45, 7) is 3.67. The lowest BCUT2D eigenvalue weighted by Crippen LogP contribution is -2.45. The molecule has 0 spiro atoms. The summed E-state index contributed by atoms with van der Waals surface area (Å²) in [5, 5.41) is 0. The molecule has 2 amide bonds. The predicted molar refractivity (Wildman–Crippen MR) is 64.9 cm³/mol. The molecular formula is C13H20N2O3. The van der Waals surface area contributed by atoms with E-state index in [1.807, 2.05) is 4.90 Å². The van der Waals surface area contributed by atoms with Crippen LogP contribution in [-0.4, -0.2) is 60.5 Å². The Bertz CT molecular complexity index is 352. The minimum Gasteiger partial charge on any atom is -0.381 e. The van der Waals surface area contributed by atoms with Gasteiger partial charge in [-0.15, -0.1) is 0 Å². The number of carbonyl (C=O) groups is 2. The fraction of sp³-hybridized carbons (Fsp3) is 0.846. The molecule has 0 aromatic rings. The summed E-state index contributed by atoms with van der Waals surface area (Å²) < 4.78 is 5.36. The van der Waals surface area contributed by atoms with Gasteiger partial charge in [0.25, 0.3) is 0 Å². The fourth-order valence-electron chi connectivity index (χ4n) is 3.24. The molecule has 3 aliphatic heterocycles. The largest absolute Gasteiger partial charge is 0.381 e. The van der Waals surface area contributed by atoms with E-state index in [0.29, 0.717) is 18.9 Å². The van der Waals surface area contributed by atoms with Crippen LogP contribution in [0.4, 0.5) is 0 Å². The van der Waals surface area contributed by atoms with Crippen LogP contribution in [0.2, 0.25) is 0 Å². The zero-order valence-corrected chi connectivity index (χ0v) is 10.6. The number of rotatable bonds is 2. The van der Waals surface area contributed by atoms with Gasteiger partial charge in [-0.1, -0.05) is 0 Å². The molecule has 0 radical (unpaired) electrons. The van der Waals surface area contributed by atoms with Gasteiger partial charge < -0.3 is 14.5 Å². The van der Waals surface area contributed by atoms with Crippen LogP contribution in [0.1, 0.15) is 25.7 Å². The Labute approximate surface area is 107 Å². The van der Waals surface area contributed by atoms with Crippen molar-refractivity contribution in [3.8, 4) is 0 Å². The highest BCUT2D eigenvalue weighted by molar-refractivity contribution is 5.90. The third-order valence-corrected chi connectivity index (χ3v) is 4.27. The maximum Gasteiger partial charge on any atom is 0.245 e. The van der Waals surface area contributed by atoms with E-state index in [-0.39, 0.29) is 17.9 Å². The number of fused-ring (bicyclic) bond motifs is 1. The zero-order chi connectivity index (χ0) is 12.5. The molecule has 0 aromatic carbocycles. The van der Waals surface area contributed by atoms with E-state index in [0.717, 1.165) is 45.6 Å². The van der Waals surface area contributed by atoms with Crippen molar-refractivity contribution in [2.24, 2.45) is 5.92 Å². The van der Waals surface area contributed by atoms with Crippen LogP contribution in [0.5, 0.6) is 0 Å². The monoisotopic (exact) mass is 252 g/mol. The Kier molecular flexibility index (Phi) is 3.24. The first-order valence-corrected chi connectivity index (χ1v) is 6.91. The predicted octanol–water partition coefficient (Wildman–Crippen LogP) is 0.246. The second kappa shape index (κ2) is 4.88. The number of hydrogen-bond donors (Lipinski definition) is 0. The summed E-state index contributed by atoms with van der Waals surface area (Å²) in [6, 6.07) is -0.178. The summed E-state index contributed by atoms with van der Waals surface area (Å²) in [5.74, 6) is 0.762. The van der Waals surface area contributed by atoms with Crippen molar-refractivity contribution < 1.29 is 14.3 Å². The zero-order valence-electron chi connectivity index (χ0n) is 10.6. The normalized spacial score (nSPS) is 32.9. The summed E-state index contributed by atoms with van der Waals surface area (Å²) in [5.41, 5.74) is 0. The Hall–Kier alpha value is -1.10. The molecule has 0 N–H and O–H groups in total. The van der Waals surface area contributed by atoms with Gasteiger partial charge in [-0.25, -0.2) is 0 Å². The summed E-state index contributed by atoms with van der Waals surface area (Å²) in [7, 11) is 0. The highest BCUT2D eigenvalue weighted by Gasteiger charge is 2.39. The lowest BCUT2D eigenvalue weighted by molar-refractivity contribution is -0.139. The molecule has 3 saturated heterocycles. The molecule has 2 atom stereocenters. The van der Waals surface area contributed by atoms with Gasteiger partial charge in [-0.3, -0.25) is 9.59 Å². The number of nitrogens with zero attached hydrogens (tertiary/aromatic N) is 2. The Morgan fingerprint density at radius 1 is 1.22 bits per heavy atom. The molecule has 18 heavy (non-hydrogen) atoms. The second-order valence-electron chi connectivity index (χ2n) is 5.51. The topological polar surface area (TPSA) is 49.9 Å². The van der Waals surface area contributed by atoms with Crippen LogP contribution >= 0.6 is 0 Å². The molecule has 3 heterocycles. The molecule has 5 heteroatoms. The van der Waals surface area contributed by atoms with Gasteiger partial charge in [0.1, 0.15) is 6.04 Å². The lowest BCUT2D eigenvalue weighted by Gasteiger charge is -2.26. The van der Waals surface area contributed by atoms with E-state index in [1.54, 1.807) is 4.90 Å². The van der Waals surface area contributed by atoms with E-state index in [2.05, 4.69) is 0 Å². The van der Waals surface area contributed by atoms with Crippen LogP contribution in [0.15, 0.2) is 0 Å². The molecule has 3 aliphatic rings. The van der Waals surface area contributed by atoms with Crippen molar-refractivity contribution >= 4 is 11.8 Å². The van der Waals surface area contributed by atoms with Gasteiger partial charge in [0.05, 0.1) is 6.61 Å². The molecule has 5 nitrogen and oxygen atoms in total. The van der Waals surface area contributed by atoms with Gasteiger partial charge in [-0.2, -0.15) is 0 Å². The maximum absolute atomic E-state index is 12.5. The molecule has 0 saturated carbocycles. The van der Waals surface area contributed by atoms with E-state index < -0.39 is 0 Å². The van der Waals surface area contributed by atoms with Crippen molar-refractivity contribution in [3.05, 3.63) is 0 Å². The highest BCUT2D eigenvalue weighted by atomic mass is 16.5. The van der Waals surface area contributed by atoms with Gasteiger partial charge in [-0.05, 0) is 19.3 Å². The lowest BCUT2D eigenvalue weighted by atomic mass is 10.1. The minimum atomic E-state index is -0.178. The van der Waals surface area contributed by atoms with E-state index in [4.69, 9.17) is 4.74 Å². The Morgan fingerprint density at radius 2 is 2.11 bits per heavy atom. The minimum absolute atomic E-state index is 0.149. The standard InChI is InChI=1S/C13H20N2O3/c16-12-3-6-14(8-10-4-7-18-9-10)13(17)11-2-1-5-15(11)12/h10-11H,1-9H2. The Morgan fingerprint density at radius 3 is 2.89 bits per heavy atom. The van der Waals surface area contributed by atoms with Gasteiger partial charge >= 0.3 is 0 Å². The van der Waals surface area contributed by atoms with Gasteiger partial charge in [0, 0.05) is 38.6 Å². The third-order valence-electron chi connectivity index (χ3n) is 4.27. The van der Waals surface area contributed by atoms with E-state index in [1.165, 1.54) is 0 Å². The summed E-state index contributed by atoms with van der Waals surface area (Å²) in [4.78, 5) is 28.1. The Balaban J connectivity index is 1.70. The maximum atomic E-state index is 12.5. The molecule has 2 unspecified atom stereocenters. The summed E-state index contributed by atoms with van der Waals surface area (Å²) >= 11 is 0. The molecule has 0 aliphatic carbocycles. The van der Waals surface area contributed by atoms with Gasteiger partial charge in [0.15, 0.2) is 0 Å². The summed E-state index contributed by atoms with van der Waals surface area (Å²) in [6.07, 6.45) is 3.31. The SMILES string of the molecule is O=C1C2CCCN2C(=O)CCN1CC1CCOC1. The van der Waals surface area contributed by atoms with Crippen molar-refractivity contribution in [2.75, 3.05) is 32.8 Å². The third kappa shape index (κ3) is 2.11. The van der Waals surface area contributed by atoms with Crippen LogP contribution in [0.25, 0.3) is 0 Å². The van der Waals surface area contributed by atoms with E-state index in [9.17, 15) is 9.59 Å². The van der Waals surface area contributed by atoms with E-state index >= 15 is 0 Å². The first kappa shape index (κ1) is 12.0. The van der Waals surface area contributed by atoms with Crippen molar-refractivity contribution in [1.29, 1.82) is 0 Å². The smallest absolute Gasteiger partial charge is 0.245 e. The fourth-order valence-corrected chi connectivity index (χ4v) is 3.24. The molecule has 3 rings (SSSR count). The molecular weight excluding hydrogens is 232 g/mol. The second-order valence-corrected chi connectivity index (χ2v) is 5.51. The molecule has 3 fully saturated rings. The van der Waals surface area contributed by atoms with Crippen molar-refractivity contribution in [1.82, 2.24) is 9.80 Å². The average molecular weight is 252 g/mol. The number of hydrogen-bond acceptors (Lipinski definition) is 3. The van der Waals surface area contributed by atoms with Crippen molar-refractivity contribution in [2.45, 2.75) is 31.7 Å². The molecule has 0 bridgehead atoms. The molecule has 100 valence electrons. The first-order valence-electron chi connectivity index (χ1n) is 6.91. The van der Waals surface area contributed by atoms with Crippen molar-refractivity contribution in [3.63, 3.8) is 0 Å². The quantitative estimate of drug-likeness (QED) is 0.707. The van der Waals surface area contributed by atoms with Crippen LogP contribution < -0.4 is 0 Å². The number of amides is 2. The average Bonchev–Trinajstić information content (AvgIpc) is 3.01. The highest BCUT2D eigenvalue weighted by Crippen LogP contribution is 2.24. The van der Waals surface area contributed by atoms with Crippen LogP contribution in [-0.2, 0) is 14.3 Å². The number of carbonyl (C=O) groups excluding carboxylic acids is 2. The van der Waals surface area contributed by atoms with Gasteiger partial charge in [0.2, 0.25) is 11.8 Å². The molecule has 0 aromatic heterocycles.